The fourth-order valence-electron chi connectivity index (χ4n) is 4.20. The minimum atomic E-state index is -1.20. The zero-order valence-corrected chi connectivity index (χ0v) is 20.2. The van der Waals surface area contributed by atoms with Gasteiger partial charge in [-0.15, -0.1) is 0 Å². The van der Waals surface area contributed by atoms with Crippen LogP contribution in [0.3, 0.4) is 0 Å². The Morgan fingerprint density at radius 3 is 2.26 bits per heavy atom. The minimum absolute atomic E-state index is 0.0858. The lowest BCUT2D eigenvalue weighted by Gasteiger charge is -2.23. The number of benzene rings is 2. The predicted octanol–water partition coefficient (Wildman–Crippen LogP) is 4.03. The average Bonchev–Trinajstić information content (AvgIpc) is 3.38. The van der Waals surface area contributed by atoms with Gasteiger partial charge in [-0.05, 0) is 47.6 Å². The zero-order valence-electron chi connectivity index (χ0n) is 19.4. The number of aromatic nitrogens is 1. The van der Waals surface area contributed by atoms with Crippen molar-refractivity contribution in [2.75, 3.05) is 19.0 Å². The number of carboxylic acids is 1. The number of aromatic carboxylic acids is 1. The van der Waals surface area contributed by atoms with E-state index in [1.54, 1.807) is 13.8 Å². The lowest BCUT2D eigenvalue weighted by atomic mass is 9.98. The van der Waals surface area contributed by atoms with E-state index in [1.165, 1.54) is 7.11 Å². The Morgan fingerprint density at radius 2 is 1.69 bits per heavy atom. The van der Waals surface area contributed by atoms with Gasteiger partial charge >= 0.3 is 12.1 Å². The van der Waals surface area contributed by atoms with Gasteiger partial charge in [0.2, 0.25) is 5.91 Å². The molecule has 2 amide bonds. The van der Waals surface area contributed by atoms with Crippen LogP contribution in [0.25, 0.3) is 11.1 Å². The van der Waals surface area contributed by atoms with Gasteiger partial charge in [0, 0.05) is 13.0 Å². The molecule has 1 aliphatic rings. The zero-order chi connectivity index (χ0) is 25.1. The Balaban J connectivity index is 1.45. The summed E-state index contributed by atoms with van der Waals surface area (Å²) in [5.74, 6) is -1.97. The number of amides is 2. The maximum absolute atomic E-state index is 12.9. The summed E-state index contributed by atoms with van der Waals surface area (Å²) in [7, 11) is 1.41. The van der Waals surface area contributed by atoms with E-state index < -0.39 is 30.1 Å². The fourth-order valence-corrected chi connectivity index (χ4v) is 4.99. The van der Waals surface area contributed by atoms with Crippen molar-refractivity contribution in [2.24, 2.45) is 0 Å². The van der Waals surface area contributed by atoms with Gasteiger partial charge < -0.3 is 25.2 Å². The first kappa shape index (κ1) is 24.4. The van der Waals surface area contributed by atoms with Crippen molar-refractivity contribution in [3.8, 4) is 11.1 Å². The van der Waals surface area contributed by atoms with Crippen molar-refractivity contribution in [2.45, 2.75) is 31.9 Å². The molecule has 10 heteroatoms. The molecule has 2 aromatic carbocycles. The highest BCUT2D eigenvalue weighted by Gasteiger charge is 2.32. The Morgan fingerprint density at radius 1 is 1.09 bits per heavy atom. The molecular weight excluding hydrogens is 470 g/mol. The number of carboxylic acid groups (broad SMARTS) is 1. The molecule has 0 spiro atoms. The molecule has 0 saturated carbocycles. The van der Waals surface area contributed by atoms with Crippen LogP contribution in [0, 0.1) is 6.92 Å². The number of hydrogen-bond acceptors (Lipinski definition) is 7. The van der Waals surface area contributed by atoms with Crippen LogP contribution in [0.5, 0.6) is 0 Å². The quantitative estimate of drug-likeness (QED) is 0.431. The number of methoxy groups -OCH3 is 1. The highest BCUT2D eigenvalue weighted by atomic mass is 32.1. The van der Waals surface area contributed by atoms with Gasteiger partial charge in [-0.25, -0.2) is 9.59 Å². The van der Waals surface area contributed by atoms with E-state index in [0.717, 1.165) is 33.8 Å². The standard InChI is InChI=1S/C25H25N3O6S/c1-13-20(24(30)31)23(35-28-13)27-22(29)21(14(2)33-3)26-25(32)34-12-19-17-10-6-4-8-15(17)16-9-5-7-11-18(16)19/h4-11,14,19,21H,12H2,1-3H3,(H,26,32)(H,27,29)(H,30,31)/t14-,21+/m1/s1. The summed E-state index contributed by atoms with van der Waals surface area (Å²) in [5, 5.41) is 14.6. The molecule has 0 radical (unpaired) electrons. The van der Waals surface area contributed by atoms with E-state index >= 15 is 0 Å². The number of anilines is 1. The number of fused-ring (bicyclic) bond motifs is 3. The normalized spacial score (nSPS) is 13.9. The van der Waals surface area contributed by atoms with Gasteiger partial charge in [0.05, 0.1) is 11.8 Å². The maximum Gasteiger partial charge on any atom is 0.407 e. The molecule has 0 saturated heterocycles. The molecule has 1 heterocycles. The highest BCUT2D eigenvalue weighted by molar-refractivity contribution is 7.11. The molecule has 0 fully saturated rings. The summed E-state index contributed by atoms with van der Waals surface area (Å²) in [6.07, 6.45) is -1.49. The van der Waals surface area contributed by atoms with E-state index in [9.17, 15) is 19.5 Å². The smallest absolute Gasteiger partial charge is 0.407 e. The summed E-state index contributed by atoms with van der Waals surface area (Å²) in [4.78, 5) is 37.2. The molecule has 0 unspecified atom stereocenters. The van der Waals surface area contributed by atoms with Crippen molar-refractivity contribution in [1.29, 1.82) is 0 Å². The molecule has 9 nitrogen and oxygen atoms in total. The van der Waals surface area contributed by atoms with Gasteiger partial charge in [0.25, 0.3) is 0 Å². The second kappa shape index (κ2) is 10.2. The van der Waals surface area contributed by atoms with Gasteiger partial charge in [0.15, 0.2) is 0 Å². The summed E-state index contributed by atoms with van der Waals surface area (Å²) >= 11 is 0.855. The lowest BCUT2D eigenvalue weighted by molar-refractivity contribution is -0.120. The van der Waals surface area contributed by atoms with Crippen LogP contribution in [0.2, 0.25) is 0 Å². The van der Waals surface area contributed by atoms with Crippen molar-refractivity contribution in [3.05, 3.63) is 70.9 Å². The van der Waals surface area contributed by atoms with Crippen molar-refractivity contribution in [1.82, 2.24) is 9.69 Å². The topological polar surface area (TPSA) is 127 Å². The number of carbonyl (C=O) groups excluding carboxylic acids is 2. The first-order chi connectivity index (χ1) is 16.8. The molecule has 3 N–H and O–H groups in total. The van der Waals surface area contributed by atoms with Crippen LogP contribution in [-0.2, 0) is 14.3 Å². The molecule has 1 aliphatic carbocycles. The van der Waals surface area contributed by atoms with E-state index in [0.29, 0.717) is 5.69 Å². The van der Waals surface area contributed by atoms with Gasteiger partial charge in [-0.2, -0.15) is 4.37 Å². The number of rotatable bonds is 8. The molecule has 0 aliphatic heterocycles. The third-order valence-electron chi connectivity index (χ3n) is 6.05. The molecular formula is C25H25N3O6S. The van der Waals surface area contributed by atoms with E-state index in [2.05, 4.69) is 15.0 Å². The van der Waals surface area contributed by atoms with E-state index in [1.807, 2.05) is 48.5 Å². The third-order valence-corrected chi connectivity index (χ3v) is 6.91. The van der Waals surface area contributed by atoms with Crippen LogP contribution in [0.4, 0.5) is 9.80 Å². The molecule has 35 heavy (non-hydrogen) atoms. The van der Waals surface area contributed by atoms with Crippen molar-refractivity contribution in [3.63, 3.8) is 0 Å². The first-order valence-corrected chi connectivity index (χ1v) is 11.7. The summed E-state index contributed by atoms with van der Waals surface area (Å²) in [6.45, 7) is 3.25. The number of hydrogen-bond donors (Lipinski definition) is 3. The Kier molecular flexibility index (Phi) is 7.13. The van der Waals surface area contributed by atoms with Gasteiger partial charge in [-0.3, -0.25) is 4.79 Å². The van der Waals surface area contributed by atoms with E-state index in [4.69, 9.17) is 9.47 Å². The third kappa shape index (κ3) is 4.89. The van der Waals surface area contributed by atoms with Crippen LogP contribution in [0.15, 0.2) is 48.5 Å². The summed E-state index contributed by atoms with van der Waals surface area (Å²) in [6, 6.07) is 14.8. The number of ether oxygens (including phenoxy) is 2. The van der Waals surface area contributed by atoms with Crippen LogP contribution < -0.4 is 10.6 Å². The maximum atomic E-state index is 12.9. The molecule has 2 atom stereocenters. The monoisotopic (exact) mass is 495 g/mol. The van der Waals surface area contributed by atoms with Crippen LogP contribution >= 0.6 is 11.5 Å². The number of carbonyl (C=O) groups is 3. The molecule has 4 rings (SSSR count). The van der Waals surface area contributed by atoms with Crippen molar-refractivity contribution >= 4 is 34.5 Å². The Labute approximate surface area is 206 Å². The SMILES string of the molecule is CO[C@H](C)[C@H](NC(=O)OCC1c2ccccc2-c2ccccc21)C(=O)Nc1snc(C)c1C(=O)O. The highest BCUT2D eigenvalue weighted by Crippen LogP contribution is 2.44. The minimum Gasteiger partial charge on any atom is -0.478 e. The van der Waals surface area contributed by atoms with Crippen molar-refractivity contribution < 1.29 is 29.0 Å². The molecule has 1 aromatic heterocycles. The van der Waals surface area contributed by atoms with Gasteiger partial charge in [-0.1, -0.05) is 48.5 Å². The van der Waals surface area contributed by atoms with Crippen LogP contribution in [-0.4, -0.2) is 53.3 Å². The van der Waals surface area contributed by atoms with E-state index in [-0.39, 0.29) is 23.1 Å². The Bertz CT molecular complexity index is 1230. The second-order valence-electron chi connectivity index (χ2n) is 8.15. The fraction of sp³-hybridized carbons (Fsp3) is 0.280. The molecule has 3 aromatic rings. The summed E-state index contributed by atoms with van der Waals surface area (Å²) in [5.41, 5.74) is 4.56. The van der Waals surface area contributed by atoms with Crippen LogP contribution in [0.1, 0.15) is 40.0 Å². The molecule has 182 valence electrons. The number of aryl methyl sites for hydroxylation is 1. The number of alkyl carbamates (subject to hydrolysis) is 1. The largest absolute Gasteiger partial charge is 0.478 e. The van der Waals surface area contributed by atoms with Gasteiger partial charge in [0.1, 0.15) is 23.2 Å². The second-order valence-corrected chi connectivity index (χ2v) is 8.93. The molecule has 0 bridgehead atoms. The predicted molar refractivity (Wildman–Crippen MR) is 131 cm³/mol. The number of nitrogens with one attached hydrogen (secondary N) is 2. The summed E-state index contributed by atoms with van der Waals surface area (Å²) < 4.78 is 14.8. The number of nitrogens with zero attached hydrogens (tertiary/aromatic N) is 1. The average molecular weight is 496 g/mol. The first-order valence-electron chi connectivity index (χ1n) is 11.0. The lowest BCUT2D eigenvalue weighted by Crippen LogP contribution is -2.51. The Hall–Kier alpha value is -3.76.